The van der Waals surface area contributed by atoms with E-state index in [2.05, 4.69) is 20.8 Å². The Labute approximate surface area is 110 Å². The van der Waals surface area contributed by atoms with Crippen molar-refractivity contribution in [3.05, 3.63) is 35.4 Å². The fourth-order valence-electron chi connectivity index (χ4n) is 2.04. The van der Waals surface area contributed by atoms with Gasteiger partial charge in [-0.25, -0.2) is 0 Å². The van der Waals surface area contributed by atoms with Gasteiger partial charge in [0.25, 0.3) is 5.91 Å². The monoisotopic (exact) mass is 248 g/mol. The summed E-state index contributed by atoms with van der Waals surface area (Å²) < 4.78 is 0. The van der Waals surface area contributed by atoms with Crippen molar-refractivity contribution in [2.45, 2.75) is 39.2 Å². The molecule has 1 rings (SSSR count). The molecule has 3 heteroatoms. The molecule has 1 unspecified atom stereocenters. The summed E-state index contributed by atoms with van der Waals surface area (Å²) in [4.78, 5) is 14.1. The second kappa shape index (κ2) is 5.53. The second-order valence-electron chi connectivity index (χ2n) is 5.96. The maximum absolute atomic E-state index is 12.4. The molecule has 2 N–H and O–H groups in total. The van der Waals surface area contributed by atoms with Gasteiger partial charge in [-0.1, -0.05) is 39.0 Å². The van der Waals surface area contributed by atoms with E-state index < -0.39 is 0 Å². The number of benzene rings is 1. The lowest BCUT2D eigenvalue weighted by atomic mass is 9.83. The van der Waals surface area contributed by atoms with E-state index in [0.29, 0.717) is 6.54 Å². The zero-order valence-electron chi connectivity index (χ0n) is 12.0. The van der Waals surface area contributed by atoms with E-state index in [0.717, 1.165) is 11.1 Å². The van der Waals surface area contributed by atoms with Gasteiger partial charge < -0.3 is 10.6 Å². The van der Waals surface area contributed by atoms with Gasteiger partial charge in [-0.15, -0.1) is 0 Å². The van der Waals surface area contributed by atoms with Gasteiger partial charge >= 0.3 is 0 Å². The number of carbonyl (C=O) groups is 1. The summed E-state index contributed by atoms with van der Waals surface area (Å²) in [6.07, 6.45) is 0. The minimum atomic E-state index is -0.0403. The third kappa shape index (κ3) is 3.57. The molecule has 0 saturated carbocycles. The summed E-state index contributed by atoms with van der Waals surface area (Å²) in [5, 5.41) is 0. The Morgan fingerprint density at radius 2 is 1.89 bits per heavy atom. The van der Waals surface area contributed by atoms with Crippen LogP contribution in [0.25, 0.3) is 0 Å². The smallest absolute Gasteiger partial charge is 0.253 e. The van der Waals surface area contributed by atoms with E-state index in [-0.39, 0.29) is 17.4 Å². The Hall–Kier alpha value is -1.35. The van der Waals surface area contributed by atoms with Crippen LogP contribution in [0.1, 0.15) is 43.6 Å². The van der Waals surface area contributed by atoms with Gasteiger partial charge in [0.1, 0.15) is 0 Å². The highest BCUT2D eigenvalue weighted by molar-refractivity contribution is 5.95. The Morgan fingerprint density at radius 1 is 1.33 bits per heavy atom. The molecule has 0 fully saturated rings. The van der Waals surface area contributed by atoms with Crippen molar-refractivity contribution >= 4 is 5.91 Å². The van der Waals surface area contributed by atoms with Crippen LogP contribution in [0, 0.1) is 0 Å². The minimum absolute atomic E-state index is 0.0132. The molecule has 0 aromatic heterocycles. The van der Waals surface area contributed by atoms with Crippen LogP contribution < -0.4 is 5.73 Å². The second-order valence-corrected chi connectivity index (χ2v) is 5.96. The number of rotatable bonds is 3. The highest BCUT2D eigenvalue weighted by atomic mass is 16.2. The highest BCUT2D eigenvalue weighted by Gasteiger charge is 2.23. The van der Waals surface area contributed by atoms with Gasteiger partial charge in [0.15, 0.2) is 0 Å². The van der Waals surface area contributed by atoms with Crippen molar-refractivity contribution in [2.75, 3.05) is 13.6 Å². The molecule has 0 aliphatic rings. The molecule has 1 amide bonds. The van der Waals surface area contributed by atoms with Crippen LogP contribution in [0.4, 0.5) is 0 Å². The lowest BCUT2D eigenvalue weighted by Gasteiger charge is -2.25. The van der Waals surface area contributed by atoms with Crippen molar-refractivity contribution in [3.8, 4) is 0 Å². The van der Waals surface area contributed by atoms with E-state index in [9.17, 15) is 4.79 Å². The molecule has 18 heavy (non-hydrogen) atoms. The van der Waals surface area contributed by atoms with Crippen LogP contribution in [0.15, 0.2) is 24.3 Å². The van der Waals surface area contributed by atoms with Gasteiger partial charge in [0.05, 0.1) is 0 Å². The molecule has 1 atom stereocenters. The number of amides is 1. The maximum atomic E-state index is 12.4. The number of hydrogen-bond donors (Lipinski definition) is 1. The molecule has 100 valence electrons. The topological polar surface area (TPSA) is 46.3 Å². The number of likely N-dealkylation sites (N-methyl/N-ethyl adjacent to an activating group) is 1. The Morgan fingerprint density at radius 3 is 2.39 bits per heavy atom. The average Bonchev–Trinajstić information content (AvgIpc) is 2.26. The Kier molecular flexibility index (Phi) is 4.52. The predicted octanol–water partition coefficient (Wildman–Crippen LogP) is 2.40. The number of nitrogens with two attached hydrogens (primary N) is 1. The zero-order chi connectivity index (χ0) is 13.9. The van der Waals surface area contributed by atoms with E-state index in [1.807, 2.05) is 31.2 Å². The van der Waals surface area contributed by atoms with E-state index in [1.165, 1.54) is 0 Å². The molecule has 0 aliphatic carbocycles. The third-order valence-corrected chi connectivity index (χ3v) is 2.87. The predicted molar refractivity (Wildman–Crippen MR) is 75.8 cm³/mol. The summed E-state index contributed by atoms with van der Waals surface area (Å²) in [5.74, 6) is 0.0397. The molecule has 0 spiro atoms. The van der Waals surface area contributed by atoms with Crippen LogP contribution in [-0.4, -0.2) is 30.4 Å². The average molecular weight is 248 g/mol. The van der Waals surface area contributed by atoms with Crippen LogP contribution in [0.3, 0.4) is 0 Å². The molecular formula is C15H24N2O. The zero-order valence-corrected chi connectivity index (χ0v) is 12.0. The highest BCUT2D eigenvalue weighted by Crippen LogP contribution is 2.26. The Bertz CT molecular complexity index is 419. The van der Waals surface area contributed by atoms with Crippen molar-refractivity contribution < 1.29 is 4.79 Å². The number of nitrogens with zero attached hydrogens (tertiary/aromatic N) is 1. The maximum Gasteiger partial charge on any atom is 0.253 e. The molecule has 1 aromatic carbocycles. The van der Waals surface area contributed by atoms with Gasteiger partial charge in [-0.3, -0.25) is 4.79 Å². The number of carbonyl (C=O) groups excluding carboxylic acids is 1. The van der Waals surface area contributed by atoms with Crippen molar-refractivity contribution in [1.29, 1.82) is 0 Å². The lowest BCUT2D eigenvalue weighted by Crippen LogP contribution is -2.37. The van der Waals surface area contributed by atoms with Crippen LogP contribution in [0.2, 0.25) is 0 Å². The lowest BCUT2D eigenvalue weighted by molar-refractivity contribution is 0.0786. The quantitative estimate of drug-likeness (QED) is 0.893. The van der Waals surface area contributed by atoms with Crippen LogP contribution in [-0.2, 0) is 5.41 Å². The molecule has 0 aliphatic heterocycles. The van der Waals surface area contributed by atoms with Gasteiger partial charge in [0, 0.05) is 25.2 Å². The molecule has 0 saturated heterocycles. The fraction of sp³-hybridized carbons (Fsp3) is 0.533. The SMILES string of the molecule is CC(N)CN(C)C(=O)c1ccccc1C(C)(C)C. The molecule has 0 bridgehead atoms. The largest absolute Gasteiger partial charge is 0.340 e. The normalized spacial score (nSPS) is 13.2. The molecule has 0 heterocycles. The summed E-state index contributed by atoms with van der Waals surface area (Å²) in [6.45, 7) is 8.82. The first-order chi connectivity index (χ1) is 8.23. The molecule has 1 aromatic rings. The van der Waals surface area contributed by atoms with Gasteiger partial charge in [-0.05, 0) is 24.0 Å². The molecule has 0 radical (unpaired) electrons. The molecular weight excluding hydrogens is 224 g/mol. The summed E-state index contributed by atoms with van der Waals surface area (Å²) in [6, 6.07) is 7.78. The summed E-state index contributed by atoms with van der Waals surface area (Å²) in [7, 11) is 1.80. The first-order valence-electron chi connectivity index (χ1n) is 6.34. The van der Waals surface area contributed by atoms with E-state index in [1.54, 1.807) is 11.9 Å². The van der Waals surface area contributed by atoms with Crippen molar-refractivity contribution in [3.63, 3.8) is 0 Å². The summed E-state index contributed by atoms with van der Waals surface area (Å²) in [5.41, 5.74) is 7.55. The van der Waals surface area contributed by atoms with Gasteiger partial charge in [0.2, 0.25) is 0 Å². The fourth-order valence-corrected chi connectivity index (χ4v) is 2.04. The van der Waals surface area contributed by atoms with E-state index >= 15 is 0 Å². The van der Waals surface area contributed by atoms with Crippen LogP contribution in [0.5, 0.6) is 0 Å². The first-order valence-corrected chi connectivity index (χ1v) is 6.34. The Balaban J connectivity index is 3.06. The first kappa shape index (κ1) is 14.7. The van der Waals surface area contributed by atoms with Crippen LogP contribution >= 0.6 is 0 Å². The number of hydrogen-bond acceptors (Lipinski definition) is 2. The minimum Gasteiger partial charge on any atom is -0.340 e. The van der Waals surface area contributed by atoms with E-state index in [4.69, 9.17) is 5.73 Å². The third-order valence-electron chi connectivity index (χ3n) is 2.87. The van der Waals surface area contributed by atoms with Crippen molar-refractivity contribution in [1.82, 2.24) is 4.90 Å². The molecule has 3 nitrogen and oxygen atoms in total. The van der Waals surface area contributed by atoms with Crippen molar-refractivity contribution in [2.24, 2.45) is 5.73 Å². The van der Waals surface area contributed by atoms with Gasteiger partial charge in [-0.2, -0.15) is 0 Å². The standard InChI is InChI=1S/C15H24N2O/c1-11(16)10-17(5)14(18)12-8-6-7-9-13(12)15(2,3)4/h6-9,11H,10,16H2,1-5H3. The summed E-state index contributed by atoms with van der Waals surface area (Å²) >= 11 is 0.